The third-order valence-electron chi connectivity index (χ3n) is 3.27. The summed E-state index contributed by atoms with van der Waals surface area (Å²) in [6, 6.07) is -0.992. The number of carbonyl (C=O) groups is 3. The van der Waals surface area contributed by atoms with E-state index < -0.39 is 29.5 Å². The number of carboxylic acids is 1. The average molecular weight is 301 g/mol. The zero-order valence-electron chi connectivity index (χ0n) is 12.8. The van der Waals surface area contributed by atoms with Crippen LogP contribution < -0.4 is 5.32 Å². The van der Waals surface area contributed by atoms with Gasteiger partial charge in [-0.25, -0.2) is 0 Å². The smallest absolute Gasteiger partial charge is 0.321 e. The van der Waals surface area contributed by atoms with Gasteiger partial charge < -0.3 is 19.9 Å². The van der Waals surface area contributed by atoms with E-state index in [1.54, 1.807) is 20.8 Å². The summed E-state index contributed by atoms with van der Waals surface area (Å²) >= 11 is 0. The highest BCUT2D eigenvalue weighted by Gasteiger charge is 2.41. The highest BCUT2D eigenvalue weighted by Crippen LogP contribution is 2.27. The molecule has 2 N–H and O–H groups in total. The number of esters is 2. The Kier molecular flexibility index (Phi) is 5.71. The van der Waals surface area contributed by atoms with Gasteiger partial charge in [0.15, 0.2) is 0 Å². The molecular formula is C14H23NO6. The molecule has 0 aliphatic carbocycles. The van der Waals surface area contributed by atoms with E-state index in [1.807, 2.05) is 0 Å². The van der Waals surface area contributed by atoms with Gasteiger partial charge in [0.05, 0.1) is 13.0 Å². The van der Waals surface area contributed by atoms with Crippen LogP contribution in [0, 0.1) is 11.8 Å². The summed E-state index contributed by atoms with van der Waals surface area (Å²) in [7, 11) is 1.30. The third kappa shape index (κ3) is 5.34. The van der Waals surface area contributed by atoms with Gasteiger partial charge in [-0.15, -0.1) is 0 Å². The molecule has 1 saturated heterocycles. The molecule has 7 heteroatoms. The number of ether oxygens (including phenoxy) is 2. The molecule has 3 unspecified atom stereocenters. The van der Waals surface area contributed by atoms with E-state index in [9.17, 15) is 19.5 Å². The molecule has 1 aliphatic rings. The number of aliphatic carboxylic acids is 1. The Balaban J connectivity index is 2.79. The molecule has 0 aromatic carbocycles. The van der Waals surface area contributed by atoms with Gasteiger partial charge in [-0.2, -0.15) is 0 Å². The van der Waals surface area contributed by atoms with Crippen molar-refractivity contribution in [2.24, 2.45) is 11.8 Å². The molecule has 0 bridgehead atoms. The van der Waals surface area contributed by atoms with Crippen LogP contribution in [0.15, 0.2) is 0 Å². The predicted octanol–water partition coefficient (Wildman–Crippen LogP) is 0.570. The highest BCUT2D eigenvalue weighted by molar-refractivity contribution is 5.84. The van der Waals surface area contributed by atoms with Gasteiger partial charge in [-0.3, -0.25) is 14.4 Å². The Bertz CT molecular complexity index is 414. The summed E-state index contributed by atoms with van der Waals surface area (Å²) in [4.78, 5) is 34.8. The van der Waals surface area contributed by atoms with Crippen LogP contribution in [-0.4, -0.2) is 48.3 Å². The second kappa shape index (κ2) is 6.89. The zero-order chi connectivity index (χ0) is 16.2. The van der Waals surface area contributed by atoms with Crippen LogP contribution in [0.3, 0.4) is 0 Å². The van der Waals surface area contributed by atoms with Crippen LogP contribution >= 0.6 is 0 Å². The first-order valence-electron chi connectivity index (χ1n) is 6.90. The van der Waals surface area contributed by atoms with Gasteiger partial charge in [0.1, 0.15) is 11.6 Å². The average Bonchev–Trinajstić information content (AvgIpc) is 2.36. The molecule has 7 nitrogen and oxygen atoms in total. The topological polar surface area (TPSA) is 102 Å². The molecule has 0 radical (unpaired) electrons. The van der Waals surface area contributed by atoms with Crippen LogP contribution in [0.1, 0.15) is 33.6 Å². The van der Waals surface area contributed by atoms with Crippen LogP contribution in [0.2, 0.25) is 0 Å². The van der Waals surface area contributed by atoms with Crippen molar-refractivity contribution in [2.75, 3.05) is 13.7 Å². The SMILES string of the molecule is COC(=O)CC1CNC(C(=O)O)C(C(=O)OC(C)(C)C)C1. The lowest BCUT2D eigenvalue weighted by molar-refractivity contribution is -0.167. The minimum absolute atomic E-state index is 0.148. The lowest BCUT2D eigenvalue weighted by atomic mass is 9.83. The third-order valence-corrected chi connectivity index (χ3v) is 3.27. The van der Waals surface area contributed by atoms with Crippen molar-refractivity contribution in [1.29, 1.82) is 0 Å². The largest absolute Gasteiger partial charge is 0.480 e. The molecule has 0 aromatic rings. The molecular weight excluding hydrogens is 278 g/mol. The number of piperidine rings is 1. The molecule has 1 aliphatic heterocycles. The molecule has 120 valence electrons. The fourth-order valence-corrected chi connectivity index (χ4v) is 2.36. The second-order valence-corrected chi connectivity index (χ2v) is 6.25. The lowest BCUT2D eigenvalue weighted by Crippen LogP contribution is -2.53. The van der Waals surface area contributed by atoms with Crippen LogP contribution in [0.25, 0.3) is 0 Å². The fourth-order valence-electron chi connectivity index (χ4n) is 2.36. The van der Waals surface area contributed by atoms with Crippen molar-refractivity contribution in [3.63, 3.8) is 0 Å². The van der Waals surface area contributed by atoms with Crippen LogP contribution in [0.4, 0.5) is 0 Å². The lowest BCUT2D eigenvalue weighted by Gasteiger charge is -2.34. The summed E-state index contributed by atoms with van der Waals surface area (Å²) in [6.07, 6.45) is 0.434. The predicted molar refractivity (Wildman–Crippen MR) is 73.5 cm³/mol. The molecule has 0 spiro atoms. The van der Waals surface area contributed by atoms with Gasteiger partial charge >= 0.3 is 17.9 Å². The minimum Gasteiger partial charge on any atom is -0.480 e. The van der Waals surface area contributed by atoms with E-state index in [1.165, 1.54) is 7.11 Å². The van der Waals surface area contributed by atoms with Gasteiger partial charge in [0, 0.05) is 6.42 Å². The van der Waals surface area contributed by atoms with E-state index in [0.717, 1.165) is 0 Å². The number of methoxy groups -OCH3 is 1. The van der Waals surface area contributed by atoms with Crippen molar-refractivity contribution < 1.29 is 29.0 Å². The van der Waals surface area contributed by atoms with Gasteiger partial charge in [0.2, 0.25) is 0 Å². The summed E-state index contributed by atoms with van der Waals surface area (Å²) < 4.78 is 9.88. The number of carbonyl (C=O) groups excluding carboxylic acids is 2. The molecule has 1 fully saturated rings. The number of rotatable bonds is 4. The van der Waals surface area contributed by atoms with Crippen molar-refractivity contribution in [3.8, 4) is 0 Å². The molecule has 0 aromatic heterocycles. The standard InChI is InChI=1S/C14H23NO6/c1-14(2,3)21-13(19)9-5-8(6-10(16)20-4)7-15-11(9)12(17)18/h8-9,11,15H,5-7H2,1-4H3,(H,17,18). The Morgan fingerprint density at radius 1 is 1.29 bits per heavy atom. The van der Waals surface area contributed by atoms with Crippen molar-refractivity contribution in [1.82, 2.24) is 5.32 Å². The van der Waals surface area contributed by atoms with E-state index in [-0.39, 0.29) is 24.7 Å². The summed E-state index contributed by atoms with van der Waals surface area (Å²) in [5.41, 5.74) is -0.685. The second-order valence-electron chi connectivity index (χ2n) is 6.25. The summed E-state index contributed by atoms with van der Waals surface area (Å²) in [6.45, 7) is 5.53. The van der Waals surface area contributed by atoms with Gasteiger partial charge in [0.25, 0.3) is 0 Å². The van der Waals surface area contributed by atoms with Gasteiger partial charge in [-0.1, -0.05) is 0 Å². The molecule has 0 amide bonds. The maximum Gasteiger partial charge on any atom is 0.321 e. The minimum atomic E-state index is -1.10. The molecule has 1 rings (SSSR count). The van der Waals surface area contributed by atoms with Crippen molar-refractivity contribution >= 4 is 17.9 Å². The monoisotopic (exact) mass is 301 g/mol. The fraction of sp³-hybridized carbons (Fsp3) is 0.786. The number of nitrogens with one attached hydrogen (secondary N) is 1. The van der Waals surface area contributed by atoms with E-state index in [4.69, 9.17) is 4.74 Å². The number of carboxylic acid groups (broad SMARTS) is 1. The van der Waals surface area contributed by atoms with E-state index in [0.29, 0.717) is 6.54 Å². The van der Waals surface area contributed by atoms with E-state index in [2.05, 4.69) is 10.1 Å². The molecule has 21 heavy (non-hydrogen) atoms. The first-order valence-corrected chi connectivity index (χ1v) is 6.90. The number of hydrogen-bond acceptors (Lipinski definition) is 6. The summed E-state index contributed by atoms with van der Waals surface area (Å²) in [5, 5.41) is 12.0. The van der Waals surface area contributed by atoms with Crippen molar-refractivity contribution in [2.45, 2.75) is 45.3 Å². The normalized spacial score (nSPS) is 26.0. The molecule has 3 atom stereocenters. The Labute approximate surface area is 124 Å². The first kappa shape index (κ1) is 17.4. The van der Waals surface area contributed by atoms with Crippen LogP contribution in [-0.2, 0) is 23.9 Å². The van der Waals surface area contributed by atoms with Gasteiger partial charge in [-0.05, 0) is 39.7 Å². The summed E-state index contributed by atoms with van der Waals surface area (Å²) in [5.74, 6) is -2.99. The molecule has 0 saturated carbocycles. The number of hydrogen-bond donors (Lipinski definition) is 2. The van der Waals surface area contributed by atoms with E-state index >= 15 is 0 Å². The zero-order valence-corrected chi connectivity index (χ0v) is 12.8. The maximum atomic E-state index is 12.2. The Hall–Kier alpha value is -1.63. The first-order chi connectivity index (χ1) is 9.64. The Morgan fingerprint density at radius 2 is 1.90 bits per heavy atom. The molecule has 1 heterocycles. The van der Waals surface area contributed by atoms with Crippen LogP contribution in [0.5, 0.6) is 0 Å². The Morgan fingerprint density at radius 3 is 2.38 bits per heavy atom. The highest BCUT2D eigenvalue weighted by atomic mass is 16.6. The maximum absolute atomic E-state index is 12.2. The van der Waals surface area contributed by atoms with Crippen molar-refractivity contribution in [3.05, 3.63) is 0 Å². The quantitative estimate of drug-likeness (QED) is 0.732.